The Morgan fingerprint density at radius 3 is 2.50 bits per heavy atom. The van der Waals surface area contributed by atoms with Gasteiger partial charge in [0.1, 0.15) is 5.75 Å². The number of anilines is 1. The highest BCUT2D eigenvalue weighted by molar-refractivity contribution is 9.10. The third-order valence-corrected chi connectivity index (χ3v) is 3.95. The van der Waals surface area contributed by atoms with Gasteiger partial charge < -0.3 is 15.6 Å². The largest absolute Gasteiger partial charge is 0.478 e. The maximum atomic E-state index is 10.9. The molecule has 4 nitrogen and oxygen atoms in total. The summed E-state index contributed by atoms with van der Waals surface area (Å²) in [5.74, 6) is -0.589. The van der Waals surface area contributed by atoms with Gasteiger partial charge in [0.2, 0.25) is 0 Å². The van der Waals surface area contributed by atoms with Crippen molar-refractivity contribution in [2.45, 2.75) is 0 Å². The van der Waals surface area contributed by atoms with Crippen molar-refractivity contribution >= 4 is 50.8 Å². The van der Waals surface area contributed by atoms with Gasteiger partial charge in [-0.1, -0.05) is 23.2 Å². The Balaban J connectivity index is 2.42. The van der Waals surface area contributed by atoms with Crippen LogP contribution in [0.25, 0.3) is 0 Å². The average Bonchev–Trinajstić information content (AvgIpc) is 2.38. The van der Waals surface area contributed by atoms with Gasteiger partial charge in [0.25, 0.3) is 0 Å². The van der Waals surface area contributed by atoms with Crippen LogP contribution in [-0.2, 0) is 0 Å². The molecule has 0 spiro atoms. The van der Waals surface area contributed by atoms with Gasteiger partial charge in [-0.15, -0.1) is 0 Å². The summed E-state index contributed by atoms with van der Waals surface area (Å²) in [5, 5.41) is 9.69. The van der Waals surface area contributed by atoms with Crippen LogP contribution < -0.4 is 10.5 Å². The van der Waals surface area contributed by atoms with Crippen LogP contribution in [0.3, 0.4) is 0 Å². The number of benzene rings is 2. The Kier molecular flexibility index (Phi) is 4.42. The summed E-state index contributed by atoms with van der Waals surface area (Å²) in [5.41, 5.74) is 6.11. The first kappa shape index (κ1) is 15.0. The maximum absolute atomic E-state index is 10.9. The second-order valence-electron chi connectivity index (χ2n) is 3.86. The fourth-order valence-corrected chi connectivity index (χ4v) is 2.29. The molecule has 2 rings (SSSR count). The van der Waals surface area contributed by atoms with Gasteiger partial charge >= 0.3 is 5.97 Å². The molecule has 104 valence electrons. The maximum Gasteiger partial charge on any atom is 0.335 e. The number of hydrogen-bond donors (Lipinski definition) is 2. The molecule has 2 aromatic carbocycles. The topological polar surface area (TPSA) is 72.6 Å². The first-order chi connectivity index (χ1) is 9.38. The van der Waals surface area contributed by atoms with E-state index in [9.17, 15) is 4.79 Å². The number of carboxylic acids is 1. The number of rotatable bonds is 3. The molecule has 0 aliphatic heterocycles. The van der Waals surface area contributed by atoms with Crippen LogP contribution in [-0.4, -0.2) is 11.1 Å². The zero-order valence-electron chi connectivity index (χ0n) is 9.86. The van der Waals surface area contributed by atoms with Crippen molar-refractivity contribution in [3.05, 3.63) is 50.4 Å². The summed E-state index contributed by atoms with van der Waals surface area (Å²) in [4.78, 5) is 10.9. The first-order valence-electron chi connectivity index (χ1n) is 5.33. The Hall–Kier alpha value is -1.43. The number of nitrogens with two attached hydrogens (primary N) is 1. The number of halogens is 3. The minimum Gasteiger partial charge on any atom is -0.478 e. The molecule has 0 fully saturated rings. The number of aromatic carboxylic acids is 1. The van der Waals surface area contributed by atoms with Crippen molar-refractivity contribution in [3.8, 4) is 11.5 Å². The van der Waals surface area contributed by atoms with E-state index in [1.807, 2.05) is 0 Å². The monoisotopic (exact) mass is 375 g/mol. The van der Waals surface area contributed by atoms with E-state index in [4.69, 9.17) is 38.8 Å². The number of carboxylic acid groups (broad SMARTS) is 1. The van der Waals surface area contributed by atoms with Gasteiger partial charge in [-0.05, 0) is 40.2 Å². The highest BCUT2D eigenvalue weighted by atomic mass is 79.9. The third kappa shape index (κ3) is 3.17. The molecule has 20 heavy (non-hydrogen) atoms. The Labute approximate surface area is 133 Å². The fraction of sp³-hybridized carbons (Fsp3) is 0. The van der Waals surface area contributed by atoms with Crippen molar-refractivity contribution in [3.63, 3.8) is 0 Å². The predicted molar refractivity (Wildman–Crippen MR) is 82.0 cm³/mol. The lowest BCUT2D eigenvalue weighted by molar-refractivity contribution is 0.0696. The molecule has 2 aromatic rings. The normalized spacial score (nSPS) is 10.3. The van der Waals surface area contributed by atoms with Crippen LogP contribution in [0.5, 0.6) is 11.5 Å². The molecule has 0 saturated heterocycles. The van der Waals surface area contributed by atoms with Gasteiger partial charge in [-0.2, -0.15) is 0 Å². The number of carbonyl (C=O) groups is 1. The number of ether oxygens (including phenoxy) is 1. The van der Waals surface area contributed by atoms with Crippen molar-refractivity contribution in [1.29, 1.82) is 0 Å². The van der Waals surface area contributed by atoms with Crippen LogP contribution in [0, 0.1) is 0 Å². The van der Waals surface area contributed by atoms with E-state index in [0.29, 0.717) is 20.2 Å². The lowest BCUT2D eigenvalue weighted by Gasteiger charge is -2.11. The van der Waals surface area contributed by atoms with Crippen LogP contribution in [0.4, 0.5) is 5.69 Å². The Morgan fingerprint density at radius 2 is 1.85 bits per heavy atom. The Bertz CT molecular complexity index is 692. The second-order valence-corrected chi connectivity index (χ2v) is 5.53. The van der Waals surface area contributed by atoms with Crippen molar-refractivity contribution in [2.24, 2.45) is 0 Å². The molecule has 0 radical (unpaired) electrons. The molecule has 0 atom stereocenters. The fourth-order valence-electron chi connectivity index (χ4n) is 1.46. The smallest absolute Gasteiger partial charge is 0.335 e. The van der Waals surface area contributed by atoms with Crippen LogP contribution in [0.15, 0.2) is 34.8 Å². The molecule has 0 aromatic heterocycles. The molecular weight excluding hydrogens is 369 g/mol. The highest BCUT2D eigenvalue weighted by Gasteiger charge is 2.12. The highest BCUT2D eigenvalue weighted by Crippen LogP contribution is 2.38. The molecule has 0 amide bonds. The van der Waals surface area contributed by atoms with E-state index in [2.05, 4.69) is 15.9 Å². The van der Waals surface area contributed by atoms with Crippen molar-refractivity contribution in [2.75, 3.05) is 5.73 Å². The summed E-state index contributed by atoms with van der Waals surface area (Å²) in [6, 6.07) is 7.26. The van der Waals surface area contributed by atoms with Gasteiger partial charge in [-0.3, -0.25) is 0 Å². The summed E-state index contributed by atoms with van der Waals surface area (Å²) in [7, 11) is 0. The molecule has 0 aliphatic rings. The zero-order chi connectivity index (χ0) is 14.9. The number of nitrogen functional groups attached to an aromatic ring is 1. The molecule has 0 aliphatic carbocycles. The van der Waals surface area contributed by atoms with Gasteiger partial charge in [0.05, 0.1) is 21.3 Å². The van der Waals surface area contributed by atoms with E-state index in [1.165, 1.54) is 24.3 Å². The number of hydrogen-bond acceptors (Lipinski definition) is 3. The SMILES string of the molecule is Nc1ccc(C(=O)O)cc1Oc1cc(Cl)c(Br)cc1Cl. The minimum atomic E-state index is -1.07. The quantitative estimate of drug-likeness (QED) is 0.594. The second kappa shape index (κ2) is 5.91. The molecule has 0 unspecified atom stereocenters. The van der Waals surface area contributed by atoms with Crippen molar-refractivity contribution < 1.29 is 14.6 Å². The average molecular weight is 377 g/mol. The summed E-state index contributed by atoms with van der Waals surface area (Å²) >= 11 is 15.2. The molecule has 3 N–H and O–H groups in total. The van der Waals surface area contributed by atoms with Crippen LogP contribution >= 0.6 is 39.1 Å². The first-order valence-corrected chi connectivity index (χ1v) is 6.88. The molecule has 7 heteroatoms. The molecular formula is C13H8BrCl2NO3. The predicted octanol–water partition coefficient (Wildman–Crippen LogP) is 4.83. The zero-order valence-corrected chi connectivity index (χ0v) is 13.0. The lowest BCUT2D eigenvalue weighted by Crippen LogP contribution is -1.99. The van der Waals surface area contributed by atoms with E-state index in [0.717, 1.165) is 0 Å². The summed E-state index contributed by atoms with van der Waals surface area (Å²) in [6.07, 6.45) is 0. The van der Waals surface area contributed by atoms with Crippen molar-refractivity contribution in [1.82, 2.24) is 0 Å². The van der Waals surface area contributed by atoms with Gasteiger partial charge in [-0.25, -0.2) is 4.79 Å². The molecule has 0 heterocycles. The van der Waals surface area contributed by atoms with Crippen LogP contribution in [0.1, 0.15) is 10.4 Å². The molecule has 0 bridgehead atoms. The lowest BCUT2D eigenvalue weighted by atomic mass is 10.2. The minimum absolute atomic E-state index is 0.0635. The molecule has 0 saturated carbocycles. The standard InChI is InChI=1S/C13H8BrCl2NO3/c14-7-4-9(16)11(5-8(7)15)20-12-3-6(13(18)19)1-2-10(12)17/h1-5H,17H2,(H,18,19). The summed E-state index contributed by atoms with van der Waals surface area (Å²) in [6.45, 7) is 0. The third-order valence-electron chi connectivity index (χ3n) is 2.46. The Morgan fingerprint density at radius 1 is 1.15 bits per heavy atom. The summed E-state index contributed by atoms with van der Waals surface area (Å²) < 4.78 is 6.17. The van der Waals surface area contributed by atoms with E-state index in [1.54, 1.807) is 6.07 Å². The van der Waals surface area contributed by atoms with Crippen LogP contribution in [0.2, 0.25) is 10.0 Å². The van der Waals surface area contributed by atoms with Gasteiger partial charge in [0, 0.05) is 10.5 Å². The van der Waals surface area contributed by atoms with E-state index < -0.39 is 5.97 Å². The van der Waals surface area contributed by atoms with Gasteiger partial charge in [0.15, 0.2) is 5.75 Å². The van der Waals surface area contributed by atoms with E-state index in [-0.39, 0.29) is 17.1 Å². The van der Waals surface area contributed by atoms with E-state index >= 15 is 0 Å².